The van der Waals surface area contributed by atoms with Crippen molar-refractivity contribution in [2.24, 2.45) is 16.1 Å². The van der Waals surface area contributed by atoms with Crippen molar-refractivity contribution in [1.82, 2.24) is 9.97 Å². The number of pyridine rings is 2. The van der Waals surface area contributed by atoms with E-state index in [2.05, 4.69) is 25.5 Å². The number of hydrazone groups is 1. The van der Waals surface area contributed by atoms with Crippen LogP contribution in [0.15, 0.2) is 58.9 Å². The number of amidine groups is 1. The zero-order chi connectivity index (χ0) is 21.5. The van der Waals surface area contributed by atoms with E-state index in [0.717, 1.165) is 17.0 Å². The van der Waals surface area contributed by atoms with Gasteiger partial charge in [0.1, 0.15) is 23.1 Å². The summed E-state index contributed by atoms with van der Waals surface area (Å²) in [6.45, 7) is 3.79. The van der Waals surface area contributed by atoms with Crippen molar-refractivity contribution in [2.45, 2.75) is 26.7 Å². The van der Waals surface area contributed by atoms with Crippen molar-refractivity contribution >= 4 is 17.3 Å². The number of ether oxygens (including phenoxy) is 1. The van der Waals surface area contributed by atoms with Crippen molar-refractivity contribution in [3.05, 3.63) is 71.4 Å². The highest BCUT2D eigenvalue weighted by atomic mass is 19.1. The molecule has 0 aliphatic heterocycles. The van der Waals surface area contributed by atoms with Gasteiger partial charge in [-0.25, -0.2) is 14.9 Å². The first-order valence-corrected chi connectivity index (χ1v) is 9.26. The molecule has 0 fully saturated rings. The number of aryl methyl sites for hydroxylation is 3. The third-order valence-electron chi connectivity index (χ3n) is 4.34. The van der Waals surface area contributed by atoms with Crippen molar-refractivity contribution in [3.8, 4) is 11.5 Å². The van der Waals surface area contributed by atoms with Gasteiger partial charge in [0.05, 0.1) is 11.4 Å². The van der Waals surface area contributed by atoms with E-state index in [1.54, 1.807) is 30.5 Å². The number of benzene rings is 1. The van der Waals surface area contributed by atoms with Crippen LogP contribution in [0, 0.1) is 25.2 Å². The molecule has 1 aromatic carbocycles. The zero-order valence-corrected chi connectivity index (χ0v) is 16.7. The number of hydrogen-bond acceptors (Lipinski definition) is 7. The molecule has 3 aromatic rings. The van der Waals surface area contributed by atoms with Crippen LogP contribution in [0.4, 0.5) is 15.9 Å². The SMILES string of the molecule is Cc1ccc(Oc2ccnc(Nc3cc(CCC(N=N)=NN)ccc3F)c2)c(C)n1. The fraction of sp³-hybridized carbons (Fsp3) is 0.190. The average Bonchev–Trinajstić information content (AvgIpc) is 2.73. The van der Waals surface area contributed by atoms with E-state index < -0.39 is 5.82 Å². The molecule has 4 N–H and O–H groups in total. The lowest BCUT2D eigenvalue weighted by molar-refractivity contribution is 0.475. The minimum atomic E-state index is -0.414. The van der Waals surface area contributed by atoms with Gasteiger partial charge in [-0.1, -0.05) is 6.07 Å². The molecule has 0 spiro atoms. The van der Waals surface area contributed by atoms with Crippen LogP contribution in [-0.4, -0.2) is 15.8 Å². The number of rotatable bonds is 7. The van der Waals surface area contributed by atoms with Gasteiger partial charge in [0, 0.05) is 24.4 Å². The molecule has 3 rings (SSSR count). The van der Waals surface area contributed by atoms with Gasteiger partial charge < -0.3 is 15.9 Å². The van der Waals surface area contributed by atoms with Crippen LogP contribution in [0.1, 0.15) is 23.4 Å². The van der Waals surface area contributed by atoms with Crippen molar-refractivity contribution in [2.75, 3.05) is 5.32 Å². The second kappa shape index (κ2) is 9.55. The number of nitrogens with one attached hydrogen (secondary N) is 2. The Hall–Kier alpha value is -3.88. The Morgan fingerprint density at radius 2 is 2.03 bits per heavy atom. The van der Waals surface area contributed by atoms with Crippen LogP contribution in [0.5, 0.6) is 11.5 Å². The number of aromatic nitrogens is 2. The van der Waals surface area contributed by atoms with E-state index in [4.69, 9.17) is 16.1 Å². The van der Waals surface area contributed by atoms with Gasteiger partial charge in [-0.2, -0.15) is 5.10 Å². The number of anilines is 2. The summed E-state index contributed by atoms with van der Waals surface area (Å²) in [7, 11) is 0. The van der Waals surface area contributed by atoms with Gasteiger partial charge in [-0.3, -0.25) is 4.98 Å². The molecule has 0 saturated carbocycles. The Kier molecular flexibility index (Phi) is 6.63. The van der Waals surface area contributed by atoms with Crippen LogP contribution in [-0.2, 0) is 6.42 Å². The summed E-state index contributed by atoms with van der Waals surface area (Å²) in [5.41, 5.74) is 9.80. The first-order chi connectivity index (χ1) is 14.5. The molecule has 154 valence electrons. The predicted octanol–water partition coefficient (Wildman–Crippen LogP) is 5.00. The fourth-order valence-electron chi connectivity index (χ4n) is 2.82. The largest absolute Gasteiger partial charge is 0.455 e. The van der Waals surface area contributed by atoms with E-state index in [9.17, 15) is 4.39 Å². The molecule has 30 heavy (non-hydrogen) atoms. The van der Waals surface area contributed by atoms with Gasteiger partial charge in [0.15, 0.2) is 5.84 Å². The Morgan fingerprint density at radius 3 is 2.77 bits per heavy atom. The first kappa shape index (κ1) is 20.8. The van der Waals surface area contributed by atoms with Gasteiger partial charge in [0.25, 0.3) is 0 Å². The second-order valence-corrected chi connectivity index (χ2v) is 6.61. The Bertz CT molecular complexity index is 1080. The molecule has 0 aliphatic carbocycles. The molecule has 0 atom stereocenters. The summed E-state index contributed by atoms with van der Waals surface area (Å²) < 4.78 is 20.2. The van der Waals surface area contributed by atoms with Gasteiger partial charge >= 0.3 is 0 Å². The maximum atomic E-state index is 14.3. The summed E-state index contributed by atoms with van der Waals surface area (Å²) in [5, 5.41) is 9.65. The number of nitrogens with two attached hydrogens (primary N) is 1. The Balaban J connectivity index is 1.75. The third-order valence-corrected chi connectivity index (χ3v) is 4.34. The first-order valence-electron chi connectivity index (χ1n) is 9.26. The summed E-state index contributed by atoms with van der Waals surface area (Å²) in [4.78, 5) is 8.62. The molecule has 0 unspecified atom stereocenters. The lowest BCUT2D eigenvalue weighted by Gasteiger charge is -2.12. The zero-order valence-electron chi connectivity index (χ0n) is 16.7. The molecule has 2 heterocycles. The normalized spacial score (nSPS) is 11.2. The lowest BCUT2D eigenvalue weighted by atomic mass is 10.1. The minimum Gasteiger partial charge on any atom is -0.455 e. The van der Waals surface area contributed by atoms with Crippen LogP contribution >= 0.6 is 0 Å². The van der Waals surface area contributed by atoms with Crippen LogP contribution in [0.3, 0.4) is 0 Å². The van der Waals surface area contributed by atoms with E-state index >= 15 is 0 Å². The maximum Gasteiger partial charge on any atom is 0.170 e. The summed E-state index contributed by atoms with van der Waals surface area (Å²) in [6, 6.07) is 11.8. The third kappa shape index (κ3) is 5.34. The topological polar surface area (TPSA) is 122 Å². The molecule has 0 aliphatic rings. The van der Waals surface area contributed by atoms with Gasteiger partial charge in [0.2, 0.25) is 0 Å². The van der Waals surface area contributed by atoms with Crippen LogP contribution in [0.25, 0.3) is 0 Å². The van der Waals surface area contributed by atoms with Crippen molar-refractivity contribution in [3.63, 3.8) is 0 Å². The summed E-state index contributed by atoms with van der Waals surface area (Å²) >= 11 is 0. The molecule has 9 heteroatoms. The van der Waals surface area contributed by atoms with Crippen molar-refractivity contribution < 1.29 is 9.13 Å². The minimum absolute atomic E-state index is 0.223. The second-order valence-electron chi connectivity index (χ2n) is 6.61. The standard InChI is InChI=1S/C21H22FN7O/c1-13-3-7-19(14(2)26-13)30-16-9-10-25-21(12-16)27-18-11-15(4-6-17(18)22)5-8-20(28-23)29-24/h3-4,6-7,9-12,23H,5,8,24H2,1-2H3,(H,25,27). The maximum absolute atomic E-state index is 14.3. The number of halogens is 1. The molecule has 8 nitrogen and oxygen atoms in total. The highest BCUT2D eigenvalue weighted by molar-refractivity contribution is 5.82. The molecule has 0 bridgehead atoms. The van der Waals surface area contributed by atoms with Crippen LogP contribution < -0.4 is 15.9 Å². The average molecular weight is 407 g/mol. The fourth-order valence-corrected chi connectivity index (χ4v) is 2.82. The van der Waals surface area contributed by atoms with Gasteiger partial charge in [-0.05, 0) is 56.2 Å². The lowest BCUT2D eigenvalue weighted by Crippen LogP contribution is -2.02. The van der Waals surface area contributed by atoms with E-state index in [1.165, 1.54) is 6.07 Å². The predicted molar refractivity (Wildman–Crippen MR) is 113 cm³/mol. The molecular formula is C21H22FN7O. The number of nitrogens with zero attached hydrogens (tertiary/aromatic N) is 4. The quantitative estimate of drug-likeness (QED) is 0.167. The highest BCUT2D eigenvalue weighted by Gasteiger charge is 2.09. The Morgan fingerprint density at radius 1 is 1.20 bits per heavy atom. The van der Waals surface area contributed by atoms with Crippen LogP contribution in [0.2, 0.25) is 0 Å². The van der Waals surface area contributed by atoms with Crippen molar-refractivity contribution in [1.29, 1.82) is 5.53 Å². The summed E-state index contributed by atoms with van der Waals surface area (Å²) in [6.07, 6.45) is 2.48. The molecule has 0 radical (unpaired) electrons. The monoisotopic (exact) mass is 407 g/mol. The van der Waals surface area contributed by atoms with Gasteiger partial charge in [-0.15, -0.1) is 5.11 Å². The van der Waals surface area contributed by atoms with E-state index in [0.29, 0.717) is 30.2 Å². The van der Waals surface area contributed by atoms with E-state index in [-0.39, 0.29) is 11.5 Å². The molecular weight excluding hydrogens is 385 g/mol. The van der Waals surface area contributed by atoms with E-state index in [1.807, 2.05) is 26.0 Å². The smallest absolute Gasteiger partial charge is 0.170 e. The molecule has 0 saturated heterocycles. The summed E-state index contributed by atoms with van der Waals surface area (Å²) in [5.74, 6) is 6.61. The molecule has 2 aromatic heterocycles. The molecule has 0 amide bonds. The Labute approximate surface area is 173 Å². The number of hydrogen-bond donors (Lipinski definition) is 3. The highest BCUT2D eigenvalue weighted by Crippen LogP contribution is 2.27.